The van der Waals surface area contributed by atoms with E-state index in [1.807, 2.05) is 0 Å². The lowest BCUT2D eigenvalue weighted by molar-refractivity contribution is -0.0741. The fraction of sp³-hybridized carbons (Fsp3) is 0.850. The van der Waals surface area contributed by atoms with E-state index in [2.05, 4.69) is 25.2 Å². The lowest BCUT2D eigenvalue weighted by Crippen LogP contribution is -2.52. The van der Waals surface area contributed by atoms with Crippen LogP contribution < -0.4 is 11.1 Å². The zero-order valence-corrected chi connectivity index (χ0v) is 15.1. The Bertz CT molecular complexity index is 574. The van der Waals surface area contributed by atoms with E-state index in [0.29, 0.717) is 5.92 Å². The molecule has 0 radical (unpaired) electrons. The van der Waals surface area contributed by atoms with Crippen LogP contribution in [0.4, 0.5) is 4.79 Å². The molecule has 3 fully saturated rings. The van der Waals surface area contributed by atoms with E-state index in [0.717, 1.165) is 37.5 Å². The Morgan fingerprint density at radius 2 is 1.96 bits per heavy atom. The first-order chi connectivity index (χ1) is 11.3. The first-order valence-electron chi connectivity index (χ1n) is 9.80. The molecule has 4 nitrogen and oxygen atoms in total. The third-order valence-corrected chi connectivity index (χ3v) is 8.39. The van der Waals surface area contributed by atoms with Crippen LogP contribution in [0.25, 0.3) is 0 Å². The maximum atomic E-state index is 11.2. The minimum absolute atomic E-state index is 0.0938. The minimum Gasteiger partial charge on any atom is -0.393 e. The molecule has 0 aromatic carbocycles. The summed E-state index contributed by atoms with van der Waals surface area (Å²) in [5, 5.41) is 13.4. The van der Waals surface area contributed by atoms with Crippen molar-refractivity contribution in [1.82, 2.24) is 5.32 Å². The Morgan fingerprint density at radius 1 is 1.17 bits per heavy atom. The fourth-order valence-electron chi connectivity index (χ4n) is 7.00. The predicted octanol–water partition coefficient (Wildman–Crippen LogP) is 3.35. The van der Waals surface area contributed by atoms with Crippen LogP contribution >= 0.6 is 0 Å². The molecule has 4 heteroatoms. The van der Waals surface area contributed by atoms with Crippen LogP contribution in [0, 0.1) is 28.6 Å². The summed E-state index contributed by atoms with van der Waals surface area (Å²) in [6.07, 6.45) is 11.4. The number of amides is 2. The lowest BCUT2D eigenvalue weighted by Gasteiger charge is -2.58. The topological polar surface area (TPSA) is 75.3 Å². The van der Waals surface area contributed by atoms with E-state index in [-0.39, 0.29) is 23.0 Å². The molecule has 2 amide bonds. The van der Waals surface area contributed by atoms with E-state index in [4.69, 9.17) is 5.73 Å². The molecular formula is C20H32N2O2. The lowest BCUT2D eigenvalue weighted by atomic mass is 9.47. The van der Waals surface area contributed by atoms with Crippen molar-refractivity contribution < 1.29 is 9.90 Å². The van der Waals surface area contributed by atoms with Gasteiger partial charge in [-0.2, -0.15) is 0 Å². The molecule has 24 heavy (non-hydrogen) atoms. The Morgan fingerprint density at radius 3 is 2.71 bits per heavy atom. The van der Waals surface area contributed by atoms with Gasteiger partial charge in [0, 0.05) is 6.04 Å². The Labute approximate surface area is 145 Å². The highest BCUT2D eigenvalue weighted by Crippen LogP contribution is 2.65. The molecule has 7 unspecified atom stereocenters. The summed E-state index contributed by atoms with van der Waals surface area (Å²) in [4.78, 5) is 11.2. The summed E-state index contributed by atoms with van der Waals surface area (Å²) < 4.78 is 0. The van der Waals surface area contributed by atoms with Gasteiger partial charge in [0.15, 0.2) is 0 Å². The molecule has 0 heterocycles. The number of carbonyl (C=O) groups excluding carboxylic acids is 1. The van der Waals surface area contributed by atoms with Crippen LogP contribution in [0.2, 0.25) is 0 Å². The van der Waals surface area contributed by atoms with Crippen molar-refractivity contribution in [2.24, 2.45) is 34.3 Å². The van der Waals surface area contributed by atoms with Crippen LogP contribution in [0.1, 0.15) is 65.2 Å². The van der Waals surface area contributed by atoms with Crippen LogP contribution in [0.3, 0.4) is 0 Å². The van der Waals surface area contributed by atoms with Gasteiger partial charge in [-0.3, -0.25) is 0 Å². The number of nitrogens with one attached hydrogen (secondary N) is 1. The Kier molecular flexibility index (Phi) is 3.76. The number of carbonyl (C=O) groups is 1. The minimum atomic E-state index is -0.414. The van der Waals surface area contributed by atoms with Crippen molar-refractivity contribution in [1.29, 1.82) is 0 Å². The molecule has 0 bridgehead atoms. The third-order valence-electron chi connectivity index (χ3n) is 8.39. The van der Waals surface area contributed by atoms with Crippen molar-refractivity contribution in [3.8, 4) is 0 Å². The molecule has 7 atom stereocenters. The second-order valence-corrected chi connectivity index (χ2v) is 9.32. The largest absolute Gasteiger partial charge is 0.393 e. The zero-order valence-electron chi connectivity index (χ0n) is 15.1. The van der Waals surface area contributed by atoms with Crippen LogP contribution in [0.15, 0.2) is 11.6 Å². The summed E-state index contributed by atoms with van der Waals surface area (Å²) in [6.45, 7) is 4.80. The average molecular weight is 332 g/mol. The van der Waals surface area contributed by atoms with E-state index in [1.54, 1.807) is 5.57 Å². The van der Waals surface area contributed by atoms with Gasteiger partial charge in [-0.05, 0) is 80.0 Å². The quantitative estimate of drug-likeness (QED) is 0.644. The second kappa shape index (κ2) is 5.48. The van der Waals surface area contributed by atoms with Gasteiger partial charge in [-0.25, -0.2) is 4.79 Å². The van der Waals surface area contributed by atoms with Crippen molar-refractivity contribution in [2.75, 3.05) is 0 Å². The Balaban J connectivity index is 1.60. The molecule has 0 aliphatic heterocycles. The van der Waals surface area contributed by atoms with Gasteiger partial charge in [0.1, 0.15) is 0 Å². The van der Waals surface area contributed by atoms with Gasteiger partial charge in [0.25, 0.3) is 0 Å². The van der Waals surface area contributed by atoms with Gasteiger partial charge >= 0.3 is 6.03 Å². The zero-order chi connectivity index (χ0) is 17.1. The number of hydrogen-bond acceptors (Lipinski definition) is 2. The molecule has 4 rings (SSSR count). The van der Waals surface area contributed by atoms with Crippen molar-refractivity contribution >= 4 is 6.03 Å². The monoisotopic (exact) mass is 332 g/mol. The number of fused-ring (bicyclic) bond motifs is 5. The number of hydrogen-bond donors (Lipinski definition) is 3. The summed E-state index contributed by atoms with van der Waals surface area (Å²) in [6, 6.07) is -0.299. The molecule has 4 aliphatic carbocycles. The van der Waals surface area contributed by atoms with Crippen molar-refractivity contribution in [3.05, 3.63) is 11.6 Å². The molecule has 134 valence electrons. The van der Waals surface area contributed by atoms with Crippen LogP contribution in [0.5, 0.6) is 0 Å². The van der Waals surface area contributed by atoms with Crippen LogP contribution in [-0.4, -0.2) is 23.3 Å². The van der Waals surface area contributed by atoms with E-state index >= 15 is 0 Å². The number of aliphatic hydroxyl groups is 1. The molecule has 0 saturated heterocycles. The van der Waals surface area contributed by atoms with E-state index in [1.165, 1.54) is 25.7 Å². The summed E-state index contributed by atoms with van der Waals surface area (Å²) in [5.74, 6) is 2.21. The van der Waals surface area contributed by atoms with Crippen molar-refractivity contribution in [3.63, 3.8) is 0 Å². The number of primary amides is 1. The highest BCUT2D eigenvalue weighted by Gasteiger charge is 2.58. The number of allylic oxidation sites excluding steroid dienone is 1. The number of nitrogens with two attached hydrogens (primary N) is 1. The first-order valence-corrected chi connectivity index (χ1v) is 9.80. The molecule has 0 spiro atoms. The second-order valence-electron chi connectivity index (χ2n) is 9.32. The van der Waals surface area contributed by atoms with E-state index < -0.39 is 6.03 Å². The summed E-state index contributed by atoms with van der Waals surface area (Å²) in [7, 11) is 0. The maximum Gasteiger partial charge on any atom is 0.312 e. The fourth-order valence-corrected chi connectivity index (χ4v) is 7.00. The summed E-state index contributed by atoms with van der Waals surface area (Å²) in [5.41, 5.74) is 7.31. The molecular weight excluding hydrogens is 300 g/mol. The molecule has 4 aliphatic rings. The van der Waals surface area contributed by atoms with E-state index in [9.17, 15) is 9.90 Å². The standard InChI is InChI=1S/C20H32N2O2/c1-19-9-7-13(22-18(21)24)11-12(19)3-4-14-15-5-6-17(23)20(15,2)10-8-16(14)19/h11,13-17,23H,3-10H2,1-2H3,(H3,21,22,24). The number of aliphatic hydroxyl groups excluding tert-OH is 1. The molecule has 4 N–H and O–H groups in total. The highest BCUT2D eigenvalue weighted by molar-refractivity contribution is 5.72. The van der Waals surface area contributed by atoms with Gasteiger partial charge in [0.05, 0.1) is 6.10 Å². The summed E-state index contributed by atoms with van der Waals surface area (Å²) >= 11 is 0. The van der Waals surface area contributed by atoms with Crippen molar-refractivity contribution in [2.45, 2.75) is 77.4 Å². The normalized spacial score (nSPS) is 50.3. The third kappa shape index (κ3) is 2.25. The van der Waals surface area contributed by atoms with Gasteiger partial charge in [0.2, 0.25) is 0 Å². The molecule has 0 aromatic rings. The first kappa shape index (κ1) is 16.4. The molecule has 0 aromatic heterocycles. The number of rotatable bonds is 1. The average Bonchev–Trinajstić information content (AvgIpc) is 2.83. The van der Waals surface area contributed by atoms with Gasteiger partial charge < -0.3 is 16.2 Å². The smallest absolute Gasteiger partial charge is 0.312 e. The van der Waals surface area contributed by atoms with Gasteiger partial charge in [-0.15, -0.1) is 0 Å². The SMILES string of the molecule is CC12CCC(NC(N)=O)C=C1CCC1C2CCC2(C)C(O)CCC12. The predicted molar refractivity (Wildman–Crippen MR) is 94.2 cm³/mol. The molecule has 3 saturated carbocycles. The maximum absolute atomic E-state index is 11.2. The van der Waals surface area contributed by atoms with Gasteiger partial charge in [-0.1, -0.05) is 25.5 Å². The van der Waals surface area contributed by atoms with Crippen LogP contribution in [-0.2, 0) is 0 Å². The highest BCUT2D eigenvalue weighted by atomic mass is 16.3. The Hall–Kier alpha value is -1.03. The number of urea groups is 1.